The normalized spacial score (nSPS) is 17.9. The maximum Gasteiger partial charge on any atom is 0.244 e. The van der Waals surface area contributed by atoms with Crippen molar-refractivity contribution in [2.75, 3.05) is 27.2 Å². The van der Waals surface area contributed by atoms with E-state index in [9.17, 15) is 9.59 Å². The van der Waals surface area contributed by atoms with Gasteiger partial charge in [-0.05, 0) is 48.9 Å². The molecule has 0 spiro atoms. The second-order valence-electron chi connectivity index (χ2n) is 9.50. The number of hydrogen-bond acceptors (Lipinski definition) is 3. The molecule has 2 aromatic carbocycles. The fourth-order valence-electron chi connectivity index (χ4n) is 4.74. The Hall–Kier alpha value is -3.41. The molecule has 33 heavy (non-hydrogen) atoms. The van der Waals surface area contributed by atoms with E-state index in [1.165, 1.54) is 5.56 Å². The summed E-state index contributed by atoms with van der Waals surface area (Å²) < 4.78 is 1.66. The first-order valence-electron chi connectivity index (χ1n) is 11.4. The van der Waals surface area contributed by atoms with Gasteiger partial charge in [-0.2, -0.15) is 5.10 Å². The predicted octanol–water partition coefficient (Wildman–Crippen LogP) is 3.72. The van der Waals surface area contributed by atoms with E-state index < -0.39 is 5.41 Å². The van der Waals surface area contributed by atoms with Crippen LogP contribution in [0.15, 0.2) is 60.9 Å². The Morgan fingerprint density at radius 1 is 1.03 bits per heavy atom. The van der Waals surface area contributed by atoms with E-state index in [2.05, 4.69) is 60.6 Å². The Bertz CT molecular complexity index is 1150. The Labute approximate surface area is 195 Å². The average molecular weight is 445 g/mol. The maximum absolute atomic E-state index is 13.4. The standard InChI is InChI=1S/C27H32N4O2/c1-20-8-10-23(11-9-20)24-7-5-6-22(14-24)15-27(26(33)29(3)4)12-13-30(19-27)25(32)18-31-17-21(2)16-28-31/h5-11,14,16-17H,12-13,15,18-19H2,1-4H3. The summed E-state index contributed by atoms with van der Waals surface area (Å²) in [5.74, 6) is 0.0772. The number of aromatic nitrogens is 2. The molecule has 1 aromatic heterocycles. The van der Waals surface area contributed by atoms with Gasteiger partial charge in [-0.3, -0.25) is 14.3 Å². The van der Waals surface area contributed by atoms with Crippen LogP contribution in [-0.2, 0) is 22.6 Å². The molecule has 1 aliphatic rings. The lowest BCUT2D eigenvalue weighted by atomic mass is 9.79. The SMILES string of the molecule is Cc1ccc(-c2cccc(CC3(C(=O)N(C)C)CCN(C(=O)Cn4cc(C)cn4)C3)c2)cc1. The summed E-state index contributed by atoms with van der Waals surface area (Å²) in [5.41, 5.74) is 5.04. The van der Waals surface area contributed by atoms with E-state index in [4.69, 9.17) is 0 Å². The quantitative estimate of drug-likeness (QED) is 0.582. The molecule has 1 atom stereocenters. The zero-order valence-electron chi connectivity index (χ0n) is 19.9. The van der Waals surface area contributed by atoms with Crippen molar-refractivity contribution in [2.24, 2.45) is 5.41 Å². The molecule has 0 aliphatic carbocycles. The molecule has 2 amide bonds. The molecule has 1 unspecified atom stereocenters. The van der Waals surface area contributed by atoms with Gasteiger partial charge in [0.1, 0.15) is 6.54 Å². The van der Waals surface area contributed by atoms with Crippen LogP contribution in [0.25, 0.3) is 11.1 Å². The first-order chi connectivity index (χ1) is 15.8. The number of likely N-dealkylation sites (tertiary alicyclic amines) is 1. The van der Waals surface area contributed by atoms with Crippen LogP contribution in [0.1, 0.15) is 23.1 Å². The molecule has 2 heterocycles. The highest BCUT2D eigenvalue weighted by molar-refractivity contribution is 5.85. The number of rotatable bonds is 6. The molecule has 4 rings (SSSR count). The number of benzene rings is 2. The summed E-state index contributed by atoms with van der Waals surface area (Å²) in [4.78, 5) is 29.8. The zero-order valence-corrected chi connectivity index (χ0v) is 19.9. The number of amides is 2. The molecule has 0 radical (unpaired) electrons. The molecular formula is C27H32N4O2. The van der Waals surface area contributed by atoms with Gasteiger partial charge < -0.3 is 9.80 Å². The summed E-state index contributed by atoms with van der Waals surface area (Å²) in [6, 6.07) is 16.9. The van der Waals surface area contributed by atoms with Gasteiger partial charge in [0.15, 0.2) is 0 Å². The van der Waals surface area contributed by atoms with E-state index >= 15 is 0 Å². The van der Waals surface area contributed by atoms with Crippen LogP contribution >= 0.6 is 0 Å². The highest BCUT2D eigenvalue weighted by Gasteiger charge is 2.46. The van der Waals surface area contributed by atoms with E-state index in [-0.39, 0.29) is 18.4 Å². The largest absolute Gasteiger partial charge is 0.348 e. The molecular weight excluding hydrogens is 412 g/mol. The minimum atomic E-state index is -0.620. The molecule has 3 aromatic rings. The summed E-state index contributed by atoms with van der Waals surface area (Å²) in [6.45, 7) is 5.24. The van der Waals surface area contributed by atoms with E-state index in [1.54, 1.807) is 29.9 Å². The predicted molar refractivity (Wildman–Crippen MR) is 130 cm³/mol. The number of carbonyl (C=O) groups is 2. The van der Waals surface area contributed by atoms with Crippen molar-refractivity contribution >= 4 is 11.8 Å². The van der Waals surface area contributed by atoms with Gasteiger partial charge in [-0.25, -0.2) is 0 Å². The minimum absolute atomic E-state index is 0.0000581. The number of carbonyl (C=O) groups excluding carboxylic acids is 2. The molecule has 1 saturated heterocycles. The van der Waals surface area contributed by atoms with E-state index in [0.717, 1.165) is 22.3 Å². The van der Waals surface area contributed by atoms with E-state index in [1.807, 2.05) is 18.0 Å². The summed E-state index contributed by atoms with van der Waals surface area (Å²) in [6.07, 6.45) is 4.87. The lowest BCUT2D eigenvalue weighted by Gasteiger charge is -2.31. The van der Waals surface area contributed by atoms with Crippen molar-refractivity contribution in [1.29, 1.82) is 0 Å². The Morgan fingerprint density at radius 2 is 1.79 bits per heavy atom. The van der Waals surface area contributed by atoms with Crippen LogP contribution in [0.2, 0.25) is 0 Å². The van der Waals surface area contributed by atoms with Gasteiger partial charge in [0, 0.05) is 33.4 Å². The second-order valence-corrected chi connectivity index (χ2v) is 9.50. The summed E-state index contributed by atoms with van der Waals surface area (Å²) >= 11 is 0. The van der Waals surface area contributed by atoms with Crippen molar-refractivity contribution < 1.29 is 9.59 Å². The summed E-state index contributed by atoms with van der Waals surface area (Å²) in [5, 5.41) is 4.23. The molecule has 172 valence electrons. The van der Waals surface area contributed by atoms with Crippen LogP contribution < -0.4 is 0 Å². The van der Waals surface area contributed by atoms with Crippen LogP contribution in [0.5, 0.6) is 0 Å². The van der Waals surface area contributed by atoms with Crippen LogP contribution in [-0.4, -0.2) is 58.6 Å². The monoisotopic (exact) mass is 444 g/mol. The zero-order chi connectivity index (χ0) is 23.6. The minimum Gasteiger partial charge on any atom is -0.348 e. The Balaban J connectivity index is 1.56. The van der Waals surface area contributed by atoms with Crippen molar-refractivity contribution in [3.8, 4) is 11.1 Å². The van der Waals surface area contributed by atoms with Crippen molar-refractivity contribution in [3.63, 3.8) is 0 Å². The van der Waals surface area contributed by atoms with Gasteiger partial charge in [0.05, 0.1) is 11.6 Å². The highest BCUT2D eigenvalue weighted by atomic mass is 16.2. The molecule has 0 N–H and O–H groups in total. The van der Waals surface area contributed by atoms with Crippen molar-refractivity contribution in [2.45, 2.75) is 33.2 Å². The first kappa shape index (κ1) is 22.8. The molecule has 1 aliphatic heterocycles. The molecule has 6 heteroatoms. The first-order valence-corrected chi connectivity index (χ1v) is 11.4. The summed E-state index contributed by atoms with van der Waals surface area (Å²) in [7, 11) is 3.59. The molecule has 0 saturated carbocycles. The van der Waals surface area contributed by atoms with Crippen molar-refractivity contribution in [1.82, 2.24) is 19.6 Å². The topological polar surface area (TPSA) is 58.4 Å². The third kappa shape index (κ3) is 5.00. The third-order valence-corrected chi connectivity index (χ3v) is 6.48. The van der Waals surface area contributed by atoms with Gasteiger partial charge in [0.2, 0.25) is 11.8 Å². The van der Waals surface area contributed by atoms with Gasteiger partial charge >= 0.3 is 0 Å². The van der Waals surface area contributed by atoms with Crippen molar-refractivity contribution in [3.05, 3.63) is 77.6 Å². The number of hydrogen-bond donors (Lipinski definition) is 0. The van der Waals surface area contributed by atoms with Crippen LogP contribution in [0.3, 0.4) is 0 Å². The fourth-order valence-corrected chi connectivity index (χ4v) is 4.74. The molecule has 0 bridgehead atoms. The Morgan fingerprint density at radius 3 is 2.45 bits per heavy atom. The third-order valence-electron chi connectivity index (χ3n) is 6.48. The van der Waals surface area contributed by atoms with Gasteiger partial charge in [-0.1, -0.05) is 54.1 Å². The van der Waals surface area contributed by atoms with E-state index in [0.29, 0.717) is 25.9 Å². The number of aryl methyl sites for hydroxylation is 2. The van der Waals surface area contributed by atoms with Gasteiger partial charge in [-0.15, -0.1) is 0 Å². The number of nitrogens with zero attached hydrogens (tertiary/aromatic N) is 4. The lowest BCUT2D eigenvalue weighted by Crippen LogP contribution is -2.45. The molecule has 6 nitrogen and oxygen atoms in total. The van der Waals surface area contributed by atoms with Crippen LogP contribution in [0, 0.1) is 19.3 Å². The average Bonchev–Trinajstić information content (AvgIpc) is 3.40. The lowest BCUT2D eigenvalue weighted by molar-refractivity contribution is -0.139. The van der Waals surface area contributed by atoms with Gasteiger partial charge in [0.25, 0.3) is 0 Å². The maximum atomic E-state index is 13.4. The highest BCUT2D eigenvalue weighted by Crippen LogP contribution is 2.37. The molecule has 1 fully saturated rings. The smallest absolute Gasteiger partial charge is 0.244 e. The van der Waals surface area contributed by atoms with Crippen LogP contribution in [0.4, 0.5) is 0 Å². The Kier molecular flexibility index (Phi) is 6.36. The fraction of sp³-hybridized carbons (Fsp3) is 0.370. The second kappa shape index (κ2) is 9.22.